The van der Waals surface area contributed by atoms with Crippen LogP contribution in [0.5, 0.6) is 5.75 Å². The highest BCUT2D eigenvalue weighted by Crippen LogP contribution is 2.39. The van der Waals surface area contributed by atoms with Crippen molar-refractivity contribution in [2.24, 2.45) is 0 Å². The molecule has 0 amide bonds. The number of halogens is 2. The molecular formula is C27H28F2N6OS. The van der Waals surface area contributed by atoms with Gasteiger partial charge in [0.25, 0.3) is 0 Å². The van der Waals surface area contributed by atoms with Crippen molar-refractivity contribution in [3.05, 3.63) is 53.7 Å². The van der Waals surface area contributed by atoms with Crippen LogP contribution in [0.25, 0.3) is 21.5 Å². The van der Waals surface area contributed by atoms with Gasteiger partial charge in [-0.15, -0.1) is 0 Å². The van der Waals surface area contributed by atoms with Gasteiger partial charge in [-0.1, -0.05) is 17.4 Å². The molecule has 2 aliphatic heterocycles. The predicted octanol–water partition coefficient (Wildman–Crippen LogP) is 5.85. The summed E-state index contributed by atoms with van der Waals surface area (Å²) in [6, 6.07) is 9.54. The number of hydrogen-bond acceptors (Lipinski definition) is 8. The third kappa shape index (κ3) is 4.71. The van der Waals surface area contributed by atoms with Gasteiger partial charge in [-0.25, -0.2) is 23.7 Å². The molecule has 7 nitrogen and oxygen atoms in total. The van der Waals surface area contributed by atoms with Crippen LogP contribution in [0.15, 0.2) is 36.5 Å². The number of piperidine rings is 1. The molecule has 0 radical (unpaired) electrons. The molecule has 0 unspecified atom stereocenters. The first-order valence-corrected chi connectivity index (χ1v) is 13.4. The highest BCUT2D eigenvalue weighted by Gasteiger charge is 2.26. The van der Waals surface area contributed by atoms with Crippen molar-refractivity contribution < 1.29 is 13.5 Å². The van der Waals surface area contributed by atoms with Crippen molar-refractivity contribution in [2.45, 2.75) is 38.6 Å². The molecule has 2 aliphatic rings. The van der Waals surface area contributed by atoms with E-state index in [1.165, 1.54) is 23.0 Å². The van der Waals surface area contributed by atoms with Gasteiger partial charge in [0, 0.05) is 11.6 Å². The van der Waals surface area contributed by atoms with Crippen LogP contribution in [0.1, 0.15) is 38.2 Å². The summed E-state index contributed by atoms with van der Waals surface area (Å²) in [6.07, 6.45) is 3.36. The Labute approximate surface area is 217 Å². The molecule has 2 N–H and O–H groups in total. The average Bonchev–Trinajstić information content (AvgIpc) is 3.31. The molecule has 37 heavy (non-hydrogen) atoms. The zero-order valence-corrected chi connectivity index (χ0v) is 21.5. The maximum absolute atomic E-state index is 15.0. The fourth-order valence-corrected chi connectivity index (χ4v) is 6.01. The Morgan fingerprint density at radius 2 is 1.95 bits per heavy atom. The number of anilines is 3. The summed E-state index contributed by atoms with van der Waals surface area (Å²) in [5.74, 6) is -0.227. The topological polar surface area (TPSA) is 75.2 Å². The first-order valence-electron chi connectivity index (χ1n) is 12.6. The molecule has 0 atom stereocenters. The lowest BCUT2D eigenvalue weighted by molar-refractivity contribution is 0.287. The summed E-state index contributed by atoms with van der Waals surface area (Å²) >= 11 is 1.51. The Bertz CT molecular complexity index is 1450. The summed E-state index contributed by atoms with van der Waals surface area (Å²) in [7, 11) is 0. The van der Waals surface area contributed by atoms with Gasteiger partial charge in [0.1, 0.15) is 12.3 Å². The number of thiazole rings is 1. The monoisotopic (exact) mass is 522 g/mol. The highest BCUT2D eigenvalue weighted by atomic mass is 32.1. The van der Waals surface area contributed by atoms with Gasteiger partial charge in [-0.2, -0.15) is 0 Å². The molecule has 0 bridgehead atoms. The maximum Gasteiger partial charge on any atom is 0.229 e. The van der Waals surface area contributed by atoms with Gasteiger partial charge < -0.3 is 15.0 Å². The molecule has 4 aromatic rings. The van der Waals surface area contributed by atoms with E-state index in [2.05, 4.69) is 37.7 Å². The normalized spacial score (nSPS) is 16.2. The second-order valence-electron chi connectivity index (χ2n) is 9.73. The van der Waals surface area contributed by atoms with Crippen molar-refractivity contribution >= 4 is 38.3 Å². The number of rotatable bonds is 5. The van der Waals surface area contributed by atoms with Gasteiger partial charge in [0.15, 0.2) is 22.5 Å². The van der Waals surface area contributed by atoms with Gasteiger partial charge in [0.05, 0.1) is 28.6 Å². The zero-order chi connectivity index (χ0) is 25.5. The lowest BCUT2D eigenvalue weighted by atomic mass is 9.90. The van der Waals surface area contributed by atoms with Crippen LogP contribution in [0.4, 0.5) is 25.5 Å². The highest BCUT2D eigenvalue weighted by molar-refractivity contribution is 7.22. The van der Waals surface area contributed by atoms with Crippen LogP contribution < -0.4 is 20.3 Å². The molecule has 6 rings (SSSR count). The van der Waals surface area contributed by atoms with E-state index >= 15 is 0 Å². The predicted molar refractivity (Wildman–Crippen MR) is 143 cm³/mol. The third-order valence-corrected chi connectivity index (χ3v) is 7.93. The van der Waals surface area contributed by atoms with Crippen LogP contribution >= 0.6 is 11.3 Å². The summed E-state index contributed by atoms with van der Waals surface area (Å²) in [5, 5.41) is 7.14. The lowest BCUT2D eigenvalue weighted by Crippen LogP contribution is -2.38. The van der Waals surface area contributed by atoms with E-state index in [0.29, 0.717) is 35.5 Å². The van der Waals surface area contributed by atoms with Gasteiger partial charge in [0.2, 0.25) is 5.95 Å². The quantitative estimate of drug-likeness (QED) is 0.341. The first kappa shape index (κ1) is 24.0. The summed E-state index contributed by atoms with van der Waals surface area (Å²) in [4.78, 5) is 15.2. The third-order valence-electron chi connectivity index (χ3n) is 6.99. The Kier molecular flexibility index (Phi) is 6.37. The number of fused-ring (bicyclic) bond motifs is 2. The van der Waals surface area contributed by atoms with E-state index in [1.807, 2.05) is 24.8 Å². The smallest absolute Gasteiger partial charge is 0.229 e. The molecule has 2 aromatic carbocycles. The second-order valence-corrected chi connectivity index (χ2v) is 10.8. The number of aromatic nitrogens is 3. The van der Waals surface area contributed by atoms with Gasteiger partial charge in [-0.05, 0) is 75.5 Å². The Morgan fingerprint density at radius 3 is 2.76 bits per heavy atom. The molecule has 1 fully saturated rings. The first-order chi connectivity index (χ1) is 18.0. The molecule has 4 heterocycles. The van der Waals surface area contributed by atoms with E-state index in [9.17, 15) is 8.78 Å². The van der Waals surface area contributed by atoms with Crippen LogP contribution in [0.3, 0.4) is 0 Å². The summed E-state index contributed by atoms with van der Waals surface area (Å²) in [5.41, 5.74) is 3.16. The summed E-state index contributed by atoms with van der Waals surface area (Å²) < 4.78 is 36.5. The van der Waals surface area contributed by atoms with Crippen molar-refractivity contribution in [1.82, 2.24) is 20.3 Å². The maximum atomic E-state index is 15.0. The Morgan fingerprint density at radius 1 is 1.11 bits per heavy atom. The molecule has 1 saturated heterocycles. The minimum Gasteiger partial charge on any atom is -0.486 e. The molecular weight excluding hydrogens is 494 g/mol. The average molecular weight is 523 g/mol. The number of nitrogens with one attached hydrogen (secondary N) is 2. The van der Waals surface area contributed by atoms with Crippen LogP contribution in [0, 0.1) is 11.6 Å². The molecule has 0 aliphatic carbocycles. The van der Waals surface area contributed by atoms with E-state index in [-0.39, 0.29) is 23.4 Å². The number of nitrogens with zero attached hydrogens (tertiary/aromatic N) is 4. The SMILES string of the molecule is CC(C)N1CCOc2c(F)cc(-c3nc(Nc4nc5ccc(C6CCNCC6)cc5s4)ncc3F)cc21. The number of ether oxygens (including phenoxy) is 1. The van der Waals surface area contributed by atoms with Crippen LogP contribution in [-0.2, 0) is 0 Å². The number of benzene rings is 2. The second kappa shape index (κ2) is 9.83. The lowest BCUT2D eigenvalue weighted by Gasteiger charge is -2.34. The Hall–Kier alpha value is -3.37. The standard InChI is InChI=1S/C27H28F2N6OS/c1-15(2)35-9-10-36-25-19(28)11-18(12-22(25)35)24-20(29)14-31-26(33-24)34-27-32-21-4-3-17(13-23(21)37-27)16-5-7-30-8-6-16/h3-4,11-16,30H,5-10H2,1-2H3,(H,31,32,33,34). The minimum absolute atomic E-state index is 0.0165. The number of hydrogen-bond donors (Lipinski definition) is 2. The van der Waals surface area contributed by atoms with Crippen molar-refractivity contribution in [2.75, 3.05) is 36.5 Å². The van der Waals surface area contributed by atoms with Crippen molar-refractivity contribution in [3.8, 4) is 17.0 Å². The van der Waals surface area contributed by atoms with E-state index < -0.39 is 11.6 Å². The van der Waals surface area contributed by atoms with Crippen LogP contribution in [0.2, 0.25) is 0 Å². The fourth-order valence-electron chi connectivity index (χ4n) is 5.10. The van der Waals surface area contributed by atoms with Crippen molar-refractivity contribution in [1.29, 1.82) is 0 Å². The largest absolute Gasteiger partial charge is 0.486 e. The molecule has 10 heteroatoms. The zero-order valence-electron chi connectivity index (χ0n) is 20.7. The molecule has 0 spiro atoms. The molecule has 192 valence electrons. The van der Waals surface area contributed by atoms with Gasteiger partial charge in [-0.3, -0.25) is 5.32 Å². The van der Waals surface area contributed by atoms with Gasteiger partial charge >= 0.3 is 0 Å². The Balaban J connectivity index is 1.30. The van der Waals surface area contributed by atoms with E-state index in [1.54, 1.807) is 6.07 Å². The minimum atomic E-state index is -0.631. The molecule has 2 aromatic heterocycles. The summed E-state index contributed by atoms with van der Waals surface area (Å²) in [6.45, 7) is 7.17. The van der Waals surface area contributed by atoms with Crippen LogP contribution in [-0.4, -0.2) is 47.2 Å². The molecule has 0 saturated carbocycles. The van der Waals surface area contributed by atoms with E-state index in [0.717, 1.165) is 42.3 Å². The van der Waals surface area contributed by atoms with Crippen molar-refractivity contribution in [3.63, 3.8) is 0 Å². The fraction of sp³-hybridized carbons (Fsp3) is 0.370. The van der Waals surface area contributed by atoms with E-state index in [4.69, 9.17) is 4.74 Å².